The summed E-state index contributed by atoms with van der Waals surface area (Å²) in [5.41, 5.74) is 2.90. The molecule has 176 valence electrons. The van der Waals surface area contributed by atoms with Crippen LogP contribution in [0.5, 0.6) is 0 Å². The van der Waals surface area contributed by atoms with Gasteiger partial charge in [-0.15, -0.1) is 11.3 Å². The van der Waals surface area contributed by atoms with E-state index in [1.807, 2.05) is 24.3 Å². The number of ketones is 1. The van der Waals surface area contributed by atoms with Crippen molar-refractivity contribution in [3.8, 4) is 11.1 Å². The fourth-order valence-corrected chi connectivity index (χ4v) is 7.00. The van der Waals surface area contributed by atoms with Crippen LogP contribution in [0.15, 0.2) is 48.5 Å². The molecule has 4 fully saturated rings. The molecular formula is C28H30N2O3S. The predicted molar refractivity (Wildman–Crippen MR) is 136 cm³/mol. The molecule has 2 aromatic carbocycles. The Hall–Kier alpha value is -2.54. The van der Waals surface area contributed by atoms with Crippen LogP contribution in [0.3, 0.4) is 0 Å². The van der Waals surface area contributed by atoms with Crippen molar-refractivity contribution in [2.75, 3.05) is 31.6 Å². The van der Waals surface area contributed by atoms with Crippen LogP contribution in [0, 0.1) is 11.8 Å². The fraction of sp³-hybridized carbons (Fsp3) is 0.429. The maximum Gasteiger partial charge on any atom is 0.253 e. The van der Waals surface area contributed by atoms with Crippen LogP contribution in [0.2, 0.25) is 0 Å². The van der Waals surface area contributed by atoms with E-state index in [-0.39, 0.29) is 17.8 Å². The average Bonchev–Trinajstić information content (AvgIpc) is 3.55. The molecule has 4 aliphatic heterocycles. The second-order valence-corrected chi connectivity index (χ2v) is 11.0. The van der Waals surface area contributed by atoms with E-state index in [2.05, 4.69) is 34.5 Å². The van der Waals surface area contributed by atoms with E-state index < -0.39 is 0 Å². The van der Waals surface area contributed by atoms with Crippen LogP contribution in [0.25, 0.3) is 21.2 Å². The molecule has 0 radical (unpaired) electrons. The van der Waals surface area contributed by atoms with Gasteiger partial charge >= 0.3 is 0 Å². The van der Waals surface area contributed by atoms with Gasteiger partial charge in [-0.05, 0) is 85.3 Å². The van der Waals surface area contributed by atoms with Crippen LogP contribution < -0.4 is 5.32 Å². The summed E-state index contributed by atoms with van der Waals surface area (Å²) in [5, 5.41) is 4.11. The Bertz CT molecular complexity index is 1220. The molecule has 1 amide bonds. The minimum Gasteiger partial charge on any atom is -0.368 e. The highest BCUT2D eigenvalue weighted by Gasteiger charge is 2.35. The van der Waals surface area contributed by atoms with Gasteiger partial charge in [0.1, 0.15) is 6.10 Å². The number of fused-ring (bicyclic) bond motifs is 4. The van der Waals surface area contributed by atoms with Crippen molar-refractivity contribution in [3.05, 3.63) is 53.4 Å². The highest BCUT2D eigenvalue weighted by atomic mass is 32.1. The molecule has 2 bridgehead atoms. The highest BCUT2D eigenvalue weighted by molar-refractivity contribution is 7.21. The molecule has 1 unspecified atom stereocenters. The Kier molecular flexibility index (Phi) is 5.97. The van der Waals surface area contributed by atoms with Gasteiger partial charge in [-0.2, -0.15) is 0 Å². The lowest BCUT2D eigenvalue weighted by Crippen LogP contribution is -2.47. The lowest BCUT2D eigenvalue weighted by atomic mass is 9.76. The Labute approximate surface area is 204 Å². The second kappa shape index (κ2) is 9.25. The SMILES string of the molecule is O=C(C[C@H]1CN2CCC1CC2)c1cc2cccc(-c3cccc(NC(=O)C4CCCO4)c3)c2s1. The normalized spacial score (nSPS) is 26.1. The largest absolute Gasteiger partial charge is 0.368 e. The quantitative estimate of drug-likeness (QED) is 0.473. The van der Waals surface area contributed by atoms with Crippen molar-refractivity contribution in [2.24, 2.45) is 11.8 Å². The molecule has 5 heterocycles. The molecule has 34 heavy (non-hydrogen) atoms. The molecule has 2 atom stereocenters. The van der Waals surface area contributed by atoms with Gasteiger partial charge in [0.05, 0.1) is 4.88 Å². The molecule has 5 nitrogen and oxygen atoms in total. The molecule has 6 heteroatoms. The van der Waals surface area contributed by atoms with Gasteiger partial charge in [-0.1, -0.05) is 30.3 Å². The smallest absolute Gasteiger partial charge is 0.253 e. The summed E-state index contributed by atoms with van der Waals surface area (Å²) in [5.74, 6) is 1.42. The van der Waals surface area contributed by atoms with Crippen molar-refractivity contribution in [1.82, 2.24) is 4.90 Å². The number of rotatable bonds is 6. The van der Waals surface area contributed by atoms with Gasteiger partial charge in [-0.3, -0.25) is 9.59 Å². The number of piperidine rings is 3. The number of carbonyl (C=O) groups is 2. The van der Waals surface area contributed by atoms with Crippen molar-refractivity contribution in [1.29, 1.82) is 0 Å². The second-order valence-electron chi connectivity index (χ2n) is 9.93. The zero-order valence-corrected chi connectivity index (χ0v) is 20.1. The number of nitrogens with zero attached hydrogens (tertiary/aromatic N) is 1. The molecule has 4 saturated heterocycles. The number of hydrogen-bond donors (Lipinski definition) is 1. The van der Waals surface area contributed by atoms with Gasteiger partial charge in [0.15, 0.2) is 5.78 Å². The number of benzene rings is 2. The van der Waals surface area contributed by atoms with E-state index in [1.54, 1.807) is 11.3 Å². The molecule has 3 aromatic rings. The van der Waals surface area contributed by atoms with Crippen LogP contribution in [0.4, 0.5) is 5.69 Å². The summed E-state index contributed by atoms with van der Waals surface area (Å²) in [6.07, 6.45) is 4.50. The first-order chi connectivity index (χ1) is 16.6. The minimum atomic E-state index is -0.353. The van der Waals surface area contributed by atoms with E-state index in [0.29, 0.717) is 24.9 Å². The average molecular weight is 475 g/mol. The number of ether oxygens (including phenoxy) is 1. The molecule has 0 saturated carbocycles. The van der Waals surface area contributed by atoms with Crippen LogP contribution in [-0.4, -0.2) is 48.9 Å². The van der Waals surface area contributed by atoms with Crippen molar-refractivity contribution in [3.63, 3.8) is 0 Å². The Morgan fingerprint density at radius 1 is 1.06 bits per heavy atom. The minimum absolute atomic E-state index is 0.0791. The number of amides is 1. The molecule has 0 spiro atoms. The van der Waals surface area contributed by atoms with E-state index in [4.69, 9.17) is 4.74 Å². The zero-order valence-electron chi connectivity index (χ0n) is 19.3. The monoisotopic (exact) mass is 474 g/mol. The van der Waals surface area contributed by atoms with Crippen molar-refractivity contribution in [2.45, 2.75) is 38.2 Å². The third-order valence-electron chi connectivity index (χ3n) is 7.72. The van der Waals surface area contributed by atoms with Gasteiger partial charge in [0.2, 0.25) is 0 Å². The third kappa shape index (κ3) is 4.30. The fourth-order valence-electron chi connectivity index (χ4n) is 5.86. The lowest BCUT2D eigenvalue weighted by molar-refractivity contribution is -0.124. The van der Waals surface area contributed by atoms with Crippen molar-refractivity contribution >= 4 is 38.8 Å². The number of hydrogen-bond acceptors (Lipinski definition) is 5. The maximum absolute atomic E-state index is 13.2. The van der Waals surface area contributed by atoms with Crippen LogP contribution >= 0.6 is 11.3 Å². The Morgan fingerprint density at radius 2 is 1.91 bits per heavy atom. The van der Waals surface area contributed by atoms with E-state index >= 15 is 0 Å². The molecule has 1 aromatic heterocycles. The van der Waals surface area contributed by atoms with E-state index in [9.17, 15) is 9.59 Å². The first-order valence-electron chi connectivity index (χ1n) is 12.4. The summed E-state index contributed by atoms with van der Waals surface area (Å²) in [6.45, 7) is 4.14. The first-order valence-corrected chi connectivity index (χ1v) is 13.3. The zero-order chi connectivity index (χ0) is 23.1. The van der Waals surface area contributed by atoms with Gasteiger partial charge in [0.25, 0.3) is 5.91 Å². The van der Waals surface area contributed by atoms with Gasteiger partial charge < -0.3 is 15.0 Å². The number of carbonyl (C=O) groups excluding carboxylic acids is 2. The number of thiophene rings is 1. The van der Waals surface area contributed by atoms with Crippen LogP contribution in [-0.2, 0) is 9.53 Å². The first kappa shape index (κ1) is 22.0. The maximum atomic E-state index is 13.2. The lowest BCUT2D eigenvalue weighted by Gasteiger charge is -2.44. The topological polar surface area (TPSA) is 58.6 Å². The third-order valence-corrected chi connectivity index (χ3v) is 8.95. The molecule has 7 rings (SSSR count). The summed E-state index contributed by atoms with van der Waals surface area (Å²) in [4.78, 5) is 29.1. The molecule has 1 N–H and O–H groups in total. The predicted octanol–water partition coefficient (Wildman–Crippen LogP) is 5.60. The molecule has 4 aliphatic rings. The van der Waals surface area contributed by atoms with Crippen LogP contribution in [0.1, 0.15) is 41.8 Å². The molecular weight excluding hydrogens is 444 g/mol. The summed E-state index contributed by atoms with van der Waals surface area (Å²) >= 11 is 1.61. The number of anilines is 1. The van der Waals surface area contributed by atoms with Gasteiger partial charge in [-0.25, -0.2) is 0 Å². The Morgan fingerprint density at radius 3 is 2.68 bits per heavy atom. The van der Waals surface area contributed by atoms with E-state index in [1.165, 1.54) is 25.9 Å². The standard InChI is InChI=1S/C28H30N2O3S/c31-24(15-21-17-30-11-9-18(21)10-12-30)26-16-20-5-2-7-23(27(20)34-26)19-4-1-6-22(14-19)29-28(32)25-8-3-13-33-25/h1-2,4-7,14,16,18,21,25H,3,8-13,15,17H2,(H,29,32)/t21-,25?/m0/s1. The van der Waals surface area contributed by atoms with Crippen molar-refractivity contribution < 1.29 is 14.3 Å². The van der Waals surface area contributed by atoms with Gasteiger partial charge in [0, 0.05) is 30.0 Å². The number of Topliss-reactive ketones (excluding diaryl/α,β-unsaturated/α-hetero) is 1. The Balaban J connectivity index is 1.23. The summed E-state index contributed by atoms with van der Waals surface area (Å²) in [6, 6.07) is 16.2. The number of nitrogens with one attached hydrogen (secondary N) is 1. The summed E-state index contributed by atoms with van der Waals surface area (Å²) in [7, 11) is 0. The van der Waals surface area contributed by atoms with E-state index in [0.717, 1.165) is 51.2 Å². The highest BCUT2D eigenvalue weighted by Crippen LogP contribution is 2.39. The molecule has 0 aliphatic carbocycles. The summed E-state index contributed by atoms with van der Waals surface area (Å²) < 4.78 is 6.64.